The van der Waals surface area contributed by atoms with E-state index in [0.717, 1.165) is 0 Å². The van der Waals surface area contributed by atoms with Crippen molar-refractivity contribution in [3.8, 4) is 11.5 Å². The van der Waals surface area contributed by atoms with Gasteiger partial charge in [0.25, 0.3) is 5.91 Å². The summed E-state index contributed by atoms with van der Waals surface area (Å²) in [6.07, 6.45) is 4.19. The molecule has 2 rings (SSSR count). The Labute approximate surface area is 137 Å². The van der Waals surface area contributed by atoms with E-state index in [4.69, 9.17) is 9.47 Å². The average molecular weight is 330 g/mol. The monoisotopic (exact) mass is 330 g/mol. The number of benzene rings is 1. The molecule has 1 aromatic carbocycles. The number of hydrogen-bond acceptors (Lipinski definition) is 7. The summed E-state index contributed by atoms with van der Waals surface area (Å²) in [6.45, 7) is 0. The number of nitrogens with one attached hydrogen (secondary N) is 1. The Hall–Kier alpha value is -3.49. The predicted molar refractivity (Wildman–Crippen MR) is 85.5 cm³/mol. The normalized spacial score (nSPS) is 10.4. The Morgan fingerprint density at radius 1 is 1.33 bits per heavy atom. The largest absolute Gasteiger partial charge is 0.496 e. The van der Waals surface area contributed by atoms with E-state index in [-0.39, 0.29) is 11.4 Å². The standard InChI is InChI=1S/C15H14N4O5/c1-23-13-7-14(24-2)12(19(21)22)6-11(13)9-17-18-15(20)10-4-3-5-16-8-10/h3-9H,1-2H3,(H,18,20). The summed E-state index contributed by atoms with van der Waals surface area (Å²) in [7, 11) is 2.73. The molecule has 0 saturated carbocycles. The van der Waals surface area contributed by atoms with Gasteiger partial charge in [-0.05, 0) is 12.1 Å². The molecule has 1 heterocycles. The van der Waals surface area contributed by atoms with E-state index in [2.05, 4.69) is 15.5 Å². The molecule has 0 aliphatic rings. The van der Waals surface area contributed by atoms with Crippen LogP contribution in [-0.4, -0.2) is 36.2 Å². The van der Waals surface area contributed by atoms with Crippen molar-refractivity contribution in [2.24, 2.45) is 5.10 Å². The number of nitrogens with zero attached hydrogens (tertiary/aromatic N) is 3. The van der Waals surface area contributed by atoms with E-state index in [1.807, 2.05) is 0 Å². The molecule has 1 amide bonds. The second-order valence-corrected chi connectivity index (χ2v) is 4.46. The van der Waals surface area contributed by atoms with E-state index < -0.39 is 10.8 Å². The summed E-state index contributed by atoms with van der Waals surface area (Å²) in [5.74, 6) is -0.0773. The van der Waals surface area contributed by atoms with Crippen molar-refractivity contribution in [3.63, 3.8) is 0 Å². The molecule has 124 valence electrons. The molecule has 0 aliphatic carbocycles. The second kappa shape index (κ2) is 7.68. The number of methoxy groups -OCH3 is 2. The van der Waals surface area contributed by atoms with Crippen LogP contribution in [0.15, 0.2) is 41.8 Å². The number of carbonyl (C=O) groups excluding carboxylic acids is 1. The van der Waals surface area contributed by atoms with Crippen LogP contribution < -0.4 is 14.9 Å². The highest BCUT2D eigenvalue weighted by molar-refractivity contribution is 5.95. The van der Waals surface area contributed by atoms with Gasteiger partial charge in [-0.2, -0.15) is 5.10 Å². The number of nitro groups is 1. The van der Waals surface area contributed by atoms with Crippen LogP contribution in [0.25, 0.3) is 0 Å². The van der Waals surface area contributed by atoms with Gasteiger partial charge in [-0.1, -0.05) is 0 Å². The van der Waals surface area contributed by atoms with Crippen LogP contribution in [0.2, 0.25) is 0 Å². The maximum Gasteiger partial charge on any atom is 0.311 e. The third kappa shape index (κ3) is 3.83. The molecular formula is C15H14N4O5. The molecule has 9 heteroatoms. The van der Waals surface area contributed by atoms with Crippen molar-refractivity contribution in [2.75, 3.05) is 14.2 Å². The highest BCUT2D eigenvalue weighted by atomic mass is 16.6. The van der Waals surface area contributed by atoms with Gasteiger partial charge in [0.05, 0.1) is 30.9 Å². The summed E-state index contributed by atoms with van der Waals surface area (Å²) in [5.41, 5.74) is 2.72. The predicted octanol–water partition coefficient (Wildman–Crippen LogP) is 1.77. The minimum absolute atomic E-state index is 0.0633. The first-order valence-corrected chi connectivity index (χ1v) is 6.70. The van der Waals surface area contributed by atoms with Crippen LogP contribution in [0.5, 0.6) is 11.5 Å². The minimum atomic E-state index is -0.580. The molecule has 24 heavy (non-hydrogen) atoms. The number of aromatic nitrogens is 1. The van der Waals surface area contributed by atoms with Crippen LogP contribution in [0, 0.1) is 10.1 Å². The van der Waals surface area contributed by atoms with Crippen LogP contribution in [0.4, 0.5) is 5.69 Å². The van der Waals surface area contributed by atoms with Crippen molar-refractivity contribution in [2.45, 2.75) is 0 Å². The first-order valence-electron chi connectivity index (χ1n) is 6.70. The Morgan fingerprint density at radius 3 is 2.67 bits per heavy atom. The number of carbonyl (C=O) groups is 1. The molecule has 1 N–H and O–H groups in total. The van der Waals surface area contributed by atoms with E-state index in [9.17, 15) is 14.9 Å². The van der Waals surface area contributed by atoms with E-state index in [1.54, 1.807) is 18.3 Å². The maximum absolute atomic E-state index is 11.8. The molecular weight excluding hydrogens is 316 g/mol. The third-order valence-corrected chi connectivity index (χ3v) is 3.02. The number of ether oxygens (including phenoxy) is 2. The van der Waals surface area contributed by atoms with Crippen molar-refractivity contribution in [1.82, 2.24) is 10.4 Å². The van der Waals surface area contributed by atoms with E-state index in [0.29, 0.717) is 16.9 Å². The fraction of sp³-hybridized carbons (Fsp3) is 0.133. The van der Waals surface area contributed by atoms with Crippen molar-refractivity contribution < 1.29 is 19.2 Å². The topological polar surface area (TPSA) is 116 Å². The lowest BCUT2D eigenvalue weighted by Crippen LogP contribution is -2.17. The number of hydrazone groups is 1. The molecule has 0 saturated heterocycles. The third-order valence-electron chi connectivity index (χ3n) is 3.02. The van der Waals surface area contributed by atoms with Crippen molar-refractivity contribution >= 4 is 17.8 Å². The fourth-order valence-electron chi connectivity index (χ4n) is 1.87. The first-order chi connectivity index (χ1) is 11.6. The van der Waals surface area contributed by atoms with E-state index >= 15 is 0 Å². The average Bonchev–Trinajstić information content (AvgIpc) is 2.61. The lowest BCUT2D eigenvalue weighted by atomic mass is 10.1. The number of amides is 1. The minimum Gasteiger partial charge on any atom is -0.496 e. The van der Waals surface area contributed by atoms with Gasteiger partial charge in [-0.3, -0.25) is 19.9 Å². The molecule has 2 aromatic rings. The van der Waals surface area contributed by atoms with Gasteiger partial charge in [0, 0.05) is 30.1 Å². The highest BCUT2D eigenvalue weighted by Gasteiger charge is 2.18. The summed E-state index contributed by atoms with van der Waals surface area (Å²) >= 11 is 0. The molecule has 0 fully saturated rings. The lowest BCUT2D eigenvalue weighted by Gasteiger charge is -2.08. The molecule has 0 bridgehead atoms. The van der Waals surface area contributed by atoms with E-state index in [1.165, 1.54) is 38.8 Å². The number of hydrogen-bond donors (Lipinski definition) is 1. The lowest BCUT2D eigenvalue weighted by molar-refractivity contribution is -0.385. The summed E-state index contributed by atoms with van der Waals surface area (Å²) in [4.78, 5) is 26.2. The Balaban J connectivity index is 2.23. The smallest absolute Gasteiger partial charge is 0.311 e. The molecule has 0 atom stereocenters. The number of pyridine rings is 1. The maximum atomic E-state index is 11.8. The molecule has 9 nitrogen and oxygen atoms in total. The zero-order chi connectivity index (χ0) is 17.5. The zero-order valence-corrected chi connectivity index (χ0v) is 12.9. The molecule has 0 unspecified atom stereocenters. The van der Waals surface area contributed by atoms with Crippen LogP contribution >= 0.6 is 0 Å². The number of rotatable bonds is 6. The van der Waals surface area contributed by atoms with Crippen LogP contribution in [0.1, 0.15) is 15.9 Å². The molecule has 0 spiro atoms. The van der Waals surface area contributed by atoms with Crippen LogP contribution in [-0.2, 0) is 0 Å². The fourth-order valence-corrected chi connectivity index (χ4v) is 1.87. The van der Waals surface area contributed by atoms with Gasteiger partial charge in [0.2, 0.25) is 5.75 Å². The Morgan fingerprint density at radius 2 is 2.08 bits per heavy atom. The van der Waals surface area contributed by atoms with Gasteiger partial charge < -0.3 is 9.47 Å². The van der Waals surface area contributed by atoms with Crippen molar-refractivity contribution in [3.05, 3.63) is 57.9 Å². The summed E-state index contributed by atoms with van der Waals surface area (Å²) in [6, 6.07) is 5.82. The van der Waals surface area contributed by atoms with Gasteiger partial charge in [-0.25, -0.2) is 5.43 Å². The first kappa shape index (κ1) is 16.9. The SMILES string of the molecule is COc1cc(OC)c([N+](=O)[O-])cc1C=NNC(=O)c1cccnc1. The summed E-state index contributed by atoms with van der Waals surface area (Å²) in [5, 5.41) is 14.8. The quantitative estimate of drug-likeness (QED) is 0.490. The zero-order valence-electron chi connectivity index (χ0n) is 12.9. The Bertz CT molecular complexity index is 777. The van der Waals surface area contributed by atoms with Gasteiger partial charge in [-0.15, -0.1) is 0 Å². The summed E-state index contributed by atoms with van der Waals surface area (Å²) < 4.78 is 10.1. The molecule has 1 aromatic heterocycles. The van der Waals surface area contributed by atoms with Gasteiger partial charge in [0.15, 0.2) is 0 Å². The molecule has 0 radical (unpaired) electrons. The Kier molecular flexibility index (Phi) is 5.40. The van der Waals surface area contributed by atoms with Crippen LogP contribution in [0.3, 0.4) is 0 Å². The van der Waals surface area contributed by atoms with Gasteiger partial charge >= 0.3 is 5.69 Å². The van der Waals surface area contributed by atoms with Crippen molar-refractivity contribution in [1.29, 1.82) is 0 Å². The number of nitro benzene ring substituents is 1. The van der Waals surface area contributed by atoms with Gasteiger partial charge in [0.1, 0.15) is 5.75 Å². The highest BCUT2D eigenvalue weighted by Crippen LogP contribution is 2.33. The molecule has 0 aliphatic heterocycles. The second-order valence-electron chi connectivity index (χ2n) is 4.46.